The van der Waals surface area contributed by atoms with E-state index in [0.717, 1.165) is 0 Å². The molecule has 1 fully saturated rings. The quantitative estimate of drug-likeness (QED) is 0.677. The maximum Gasteiger partial charge on any atom is 0.0185 e. The van der Waals surface area contributed by atoms with Gasteiger partial charge in [0.2, 0.25) is 0 Å². The Morgan fingerprint density at radius 3 is 2.58 bits per heavy atom. The number of hydrogen-bond donors (Lipinski definition) is 0. The van der Waals surface area contributed by atoms with Crippen LogP contribution < -0.4 is 0 Å². The van der Waals surface area contributed by atoms with Gasteiger partial charge >= 0.3 is 0 Å². The van der Waals surface area contributed by atoms with Crippen LogP contribution in [0.1, 0.15) is 25.3 Å². The molecule has 0 spiro atoms. The molecule has 0 aromatic heterocycles. The van der Waals surface area contributed by atoms with Gasteiger partial charge < -0.3 is 0 Å². The summed E-state index contributed by atoms with van der Waals surface area (Å²) in [6, 6.07) is 6.58. The Morgan fingerprint density at radius 2 is 2.08 bits per heavy atom. The second-order valence-corrected chi connectivity index (χ2v) is 5.76. The van der Waals surface area contributed by atoms with E-state index in [1.54, 1.807) is 0 Å². The summed E-state index contributed by atoms with van der Waals surface area (Å²) in [5.74, 6) is 0. The SMILES string of the molecule is CC1(c2ccc(Br)cc2I)CC1. The van der Waals surface area contributed by atoms with E-state index in [1.165, 1.54) is 26.4 Å². The highest BCUT2D eigenvalue weighted by molar-refractivity contribution is 14.1. The van der Waals surface area contributed by atoms with Gasteiger partial charge in [0.1, 0.15) is 0 Å². The largest absolute Gasteiger partial charge is 0.0563 e. The molecular weight excluding hydrogens is 327 g/mol. The first kappa shape index (κ1) is 9.00. The van der Waals surface area contributed by atoms with Gasteiger partial charge in [-0.2, -0.15) is 0 Å². The van der Waals surface area contributed by atoms with Gasteiger partial charge in [0.05, 0.1) is 0 Å². The van der Waals surface area contributed by atoms with E-state index in [2.05, 4.69) is 63.6 Å². The number of hydrogen-bond acceptors (Lipinski definition) is 0. The van der Waals surface area contributed by atoms with E-state index in [4.69, 9.17) is 0 Å². The first-order valence-corrected chi connectivity index (χ1v) is 5.94. The third-order valence-corrected chi connectivity index (χ3v) is 3.97. The molecule has 0 atom stereocenters. The molecule has 0 heterocycles. The van der Waals surface area contributed by atoms with Crippen molar-refractivity contribution in [2.75, 3.05) is 0 Å². The molecule has 0 aliphatic heterocycles. The molecular formula is C10H10BrI. The minimum absolute atomic E-state index is 0.497. The highest BCUT2D eigenvalue weighted by atomic mass is 127. The maximum atomic E-state index is 3.48. The van der Waals surface area contributed by atoms with Gasteiger partial charge in [0.25, 0.3) is 0 Å². The van der Waals surface area contributed by atoms with Crippen LogP contribution >= 0.6 is 38.5 Å². The highest BCUT2D eigenvalue weighted by Crippen LogP contribution is 2.49. The van der Waals surface area contributed by atoms with Gasteiger partial charge in [-0.05, 0) is 58.5 Å². The average molecular weight is 337 g/mol. The molecule has 0 saturated heterocycles. The smallest absolute Gasteiger partial charge is 0.0185 e. The van der Waals surface area contributed by atoms with E-state index in [9.17, 15) is 0 Å². The Hall–Kier alpha value is 0.430. The van der Waals surface area contributed by atoms with Crippen LogP contribution in [-0.4, -0.2) is 0 Å². The van der Waals surface area contributed by atoms with E-state index >= 15 is 0 Å². The molecule has 1 saturated carbocycles. The molecule has 0 unspecified atom stereocenters. The molecule has 2 heteroatoms. The molecule has 0 nitrogen and oxygen atoms in total. The molecule has 2 rings (SSSR count). The van der Waals surface area contributed by atoms with Gasteiger partial charge in [-0.25, -0.2) is 0 Å². The van der Waals surface area contributed by atoms with Crippen molar-refractivity contribution in [3.8, 4) is 0 Å². The topological polar surface area (TPSA) is 0 Å². The minimum atomic E-state index is 0.497. The van der Waals surface area contributed by atoms with Crippen molar-refractivity contribution in [1.82, 2.24) is 0 Å². The Morgan fingerprint density at radius 1 is 1.42 bits per heavy atom. The fourth-order valence-electron chi connectivity index (χ4n) is 1.44. The van der Waals surface area contributed by atoms with Crippen LogP contribution in [0.2, 0.25) is 0 Å². The van der Waals surface area contributed by atoms with Gasteiger partial charge in [0.15, 0.2) is 0 Å². The molecule has 1 aliphatic carbocycles. The van der Waals surface area contributed by atoms with E-state index in [-0.39, 0.29) is 0 Å². The highest BCUT2D eigenvalue weighted by Gasteiger charge is 2.40. The summed E-state index contributed by atoms with van der Waals surface area (Å²) in [5, 5.41) is 0. The van der Waals surface area contributed by atoms with E-state index < -0.39 is 0 Å². The zero-order valence-corrected chi connectivity index (χ0v) is 10.6. The van der Waals surface area contributed by atoms with Crippen LogP contribution in [0, 0.1) is 3.57 Å². The van der Waals surface area contributed by atoms with Crippen molar-refractivity contribution in [3.05, 3.63) is 31.8 Å². The number of halogens is 2. The summed E-state index contributed by atoms with van der Waals surface area (Å²) in [7, 11) is 0. The second-order valence-electron chi connectivity index (χ2n) is 3.68. The maximum absolute atomic E-state index is 3.48. The minimum Gasteiger partial charge on any atom is -0.0563 e. The molecule has 0 amide bonds. The molecule has 1 aliphatic rings. The molecule has 0 N–H and O–H groups in total. The Kier molecular flexibility index (Phi) is 2.24. The standard InChI is InChI=1S/C10H10BrI/c1-10(4-5-10)8-3-2-7(11)6-9(8)12/h2-3,6H,4-5H2,1H3. The van der Waals surface area contributed by atoms with Crippen molar-refractivity contribution in [2.45, 2.75) is 25.2 Å². The van der Waals surface area contributed by atoms with Crippen LogP contribution in [0.25, 0.3) is 0 Å². The van der Waals surface area contributed by atoms with Gasteiger partial charge in [-0.15, -0.1) is 0 Å². The first-order valence-electron chi connectivity index (χ1n) is 4.07. The number of rotatable bonds is 1. The zero-order chi connectivity index (χ0) is 8.77. The fraction of sp³-hybridized carbons (Fsp3) is 0.400. The van der Waals surface area contributed by atoms with Crippen LogP contribution in [0.3, 0.4) is 0 Å². The lowest BCUT2D eigenvalue weighted by atomic mass is 9.99. The zero-order valence-electron chi connectivity index (χ0n) is 6.90. The molecule has 1 aromatic rings. The third kappa shape index (κ3) is 1.55. The Bertz CT molecular complexity index is 316. The third-order valence-electron chi connectivity index (χ3n) is 2.58. The van der Waals surface area contributed by atoms with Crippen molar-refractivity contribution < 1.29 is 0 Å². The molecule has 64 valence electrons. The lowest BCUT2D eigenvalue weighted by Gasteiger charge is -2.11. The van der Waals surface area contributed by atoms with Crippen LogP contribution in [0.4, 0.5) is 0 Å². The summed E-state index contributed by atoms with van der Waals surface area (Å²) >= 11 is 5.90. The number of benzene rings is 1. The van der Waals surface area contributed by atoms with Gasteiger partial charge in [-0.3, -0.25) is 0 Å². The normalized spacial score (nSPS) is 19.2. The van der Waals surface area contributed by atoms with Gasteiger partial charge in [0, 0.05) is 8.04 Å². The summed E-state index contributed by atoms with van der Waals surface area (Å²) in [5.41, 5.74) is 2.02. The van der Waals surface area contributed by atoms with Crippen molar-refractivity contribution >= 4 is 38.5 Å². The predicted molar refractivity (Wildman–Crippen MR) is 63.4 cm³/mol. The second kappa shape index (κ2) is 2.98. The van der Waals surface area contributed by atoms with E-state index in [1.807, 2.05) is 0 Å². The van der Waals surface area contributed by atoms with Crippen LogP contribution in [0.15, 0.2) is 22.7 Å². The summed E-state index contributed by atoms with van der Waals surface area (Å²) in [6.07, 6.45) is 2.70. The Labute approximate surface area is 95.0 Å². The van der Waals surface area contributed by atoms with Crippen molar-refractivity contribution in [1.29, 1.82) is 0 Å². The van der Waals surface area contributed by atoms with Crippen LogP contribution in [0.5, 0.6) is 0 Å². The summed E-state index contributed by atoms with van der Waals surface area (Å²) < 4.78 is 2.57. The lowest BCUT2D eigenvalue weighted by molar-refractivity contribution is 0.782. The lowest BCUT2D eigenvalue weighted by Crippen LogP contribution is -2.01. The fourth-order valence-corrected chi connectivity index (χ4v) is 3.39. The summed E-state index contributed by atoms with van der Waals surface area (Å²) in [6.45, 7) is 2.35. The summed E-state index contributed by atoms with van der Waals surface area (Å²) in [4.78, 5) is 0. The van der Waals surface area contributed by atoms with Crippen molar-refractivity contribution in [3.63, 3.8) is 0 Å². The van der Waals surface area contributed by atoms with Crippen molar-refractivity contribution in [2.24, 2.45) is 0 Å². The molecule has 0 bridgehead atoms. The molecule has 12 heavy (non-hydrogen) atoms. The first-order chi connectivity index (χ1) is 5.62. The molecule has 0 radical (unpaired) electrons. The van der Waals surface area contributed by atoms with Gasteiger partial charge in [-0.1, -0.05) is 28.9 Å². The Balaban J connectivity index is 2.45. The molecule has 1 aromatic carbocycles. The van der Waals surface area contributed by atoms with E-state index in [0.29, 0.717) is 5.41 Å². The predicted octanol–water partition coefficient (Wildman–Crippen LogP) is 4.11. The monoisotopic (exact) mass is 336 g/mol. The average Bonchev–Trinajstić information content (AvgIpc) is 2.68. The van der Waals surface area contributed by atoms with Crippen LogP contribution in [-0.2, 0) is 5.41 Å².